The fourth-order valence-electron chi connectivity index (χ4n) is 1.91. The largest absolute Gasteiger partial charge is 0.416 e. The number of benzene rings is 2. The van der Waals surface area contributed by atoms with Crippen LogP contribution in [0.5, 0.6) is 0 Å². The molecule has 0 aliphatic heterocycles. The Bertz CT molecular complexity index is 847. The Hall–Kier alpha value is -2.55. The van der Waals surface area contributed by atoms with Gasteiger partial charge >= 0.3 is 6.18 Å². The van der Waals surface area contributed by atoms with Crippen molar-refractivity contribution in [1.29, 1.82) is 0 Å². The zero-order chi connectivity index (χ0) is 18.0. The topological polar surface area (TPSA) is 75.3 Å². The lowest BCUT2D eigenvalue weighted by molar-refractivity contribution is -0.137. The van der Waals surface area contributed by atoms with Gasteiger partial charge in [0.05, 0.1) is 10.5 Å². The van der Waals surface area contributed by atoms with Gasteiger partial charge < -0.3 is 5.32 Å². The van der Waals surface area contributed by atoms with Crippen LogP contribution in [0.1, 0.15) is 15.9 Å². The van der Waals surface area contributed by atoms with Gasteiger partial charge in [-0.1, -0.05) is 6.07 Å². The highest BCUT2D eigenvalue weighted by Crippen LogP contribution is 2.30. The van der Waals surface area contributed by atoms with Crippen molar-refractivity contribution in [2.75, 3.05) is 11.8 Å². The quantitative estimate of drug-likeness (QED) is 0.883. The smallest absolute Gasteiger partial charge is 0.355 e. The highest BCUT2D eigenvalue weighted by molar-refractivity contribution is 7.92. The molecule has 0 unspecified atom stereocenters. The maximum absolute atomic E-state index is 12.5. The molecule has 0 fully saturated rings. The Morgan fingerprint density at radius 1 is 1.04 bits per heavy atom. The minimum absolute atomic E-state index is 0.121. The van der Waals surface area contributed by atoms with Crippen LogP contribution in [0.15, 0.2) is 53.4 Å². The van der Waals surface area contributed by atoms with Crippen LogP contribution >= 0.6 is 0 Å². The Kier molecular flexibility index (Phi) is 4.83. The number of nitrogens with one attached hydrogen (secondary N) is 2. The van der Waals surface area contributed by atoms with E-state index in [1.165, 1.54) is 31.3 Å². The lowest BCUT2D eigenvalue weighted by Gasteiger charge is -2.11. The summed E-state index contributed by atoms with van der Waals surface area (Å²) in [5.74, 6) is -0.398. The molecule has 2 rings (SSSR count). The number of anilines is 1. The van der Waals surface area contributed by atoms with Crippen molar-refractivity contribution in [2.24, 2.45) is 0 Å². The van der Waals surface area contributed by atoms with Crippen molar-refractivity contribution >= 4 is 21.6 Å². The van der Waals surface area contributed by atoms with Gasteiger partial charge in [0, 0.05) is 18.3 Å². The number of rotatable bonds is 4. The molecule has 9 heteroatoms. The summed E-state index contributed by atoms with van der Waals surface area (Å²) in [6.45, 7) is 0. The summed E-state index contributed by atoms with van der Waals surface area (Å²) in [5, 5.41) is 2.40. The Labute approximate surface area is 136 Å². The van der Waals surface area contributed by atoms with E-state index in [1.54, 1.807) is 0 Å². The Morgan fingerprint density at radius 2 is 1.67 bits per heavy atom. The third-order valence-electron chi connectivity index (χ3n) is 3.10. The summed E-state index contributed by atoms with van der Waals surface area (Å²) in [6.07, 6.45) is -4.54. The summed E-state index contributed by atoms with van der Waals surface area (Å²) >= 11 is 0. The second-order valence-electron chi connectivity index (χ2n) is 4.79. The van der Waals surface area contributed by atoms with Gasteiger partial charge in [0.1, 0.15) is 0 Å². The molecule has 0 aromatic heterocycles. The monoisotopic (exact) mass is 358 g/mol. The van der Waals surface area contributed by atoms with Crippen LogP contribution in [-0.2, 0) is 16.2 Å². The number of hydrogen-bond donors (Lipinski definition) is 2. The van der Waals surface area contributed by atoms with E-state index >= 15 is 0 Å². The average Bonchev–Trinajstić information content (AvgIpc) is 2.53. The van der Waals surface area contributed by atoms with E-state index in [0.717, 1.165) is 12.1 Å². The molecule has 0 heterocycles. The van der Waals surface area contributed by atoms with Gasteiger partial charge in [-0.2, -0.15) is 13.2 Å². The molecule has 5 nitrogen and oxygen atoms in total. The fraction of sp³-hybridized carbons (Fsp3) is 0.133. The number of sulfonamides is 1. The van der Waals surface area contributed by atoms with E-state index in [0.29, 0.717) is 12.1 Å². The number of amides is 1. The predicted octanol–water partition coefficient (Wildman–Crippen LogP) is 2.87. The second kappa shape index (κ2) is 6.52. The summed E-state index contributed by atoms with van der Waals surface area (Å²) < 4.78 is 64.2. The Balaban J connectivity index is 2.27. The maximum Gasteiger partial charge on any atom is 0.416 e. The molecule has 2 aromatic rings. The van der Waals surface area contributed by atoms with Gasteiger partial charge in [-0.25, -0.2) is 8.42 Å². The average molecular weight is 358 g/mol. The number of carbonyl (C=O) groups is 1. The summed E-state index contributed by atoms with van der Waals surface area (Å²) in [7, 11) is -2.64. The van der Waals surface area contributed by atoms with Crippen LogP contribution in [0, 0.1) is 0 Å². The van der Waals surface area contributed by atoms with Crippen LogP contribution < -0.4 is 10.0 Å². The molecule has 0 saturated carbocycles. The number of hydrogen-bond acceptors (Lipinski definition) is 3. The lowest BCUT2D eigenvalue weighted by atomic mass is 10.2. The SMILES string of the molecule is CNC(=O)c1cccc(NS(=O)(=O)c2ccc(C(F)(F)F)cc2)c1. The molecule has 1 amide bonds. The first kappa shape index (κ1) is 17.8. The Morgan fingerprint density at radius 3 is 2.21 bits per heavy atom. The minimum Gasteiger partial charge on any atom is -0.355 e. The maximum atomic E-state index is 12.5. The molecular formula is C15H13F3N2O3S. The summed E-state index contributed by atoms with van der Waals surface area (Å²) in [5.41, 5.74) is -0.579. The van der Waals surface area contributed by atoms with Gasteiger partial charge in [0.2, 0.25) is 0 Å². The van der Waals surface area contributed by atoms with Crippen LogP contribution in [0.3, 0.4) is 0 Å². The van der Waals surface area contributed by atoms with Crippen molar-refractivity contribution in [3.05, 3.63) is 59.7 Å². The van der Waals surface area contributed by atoms with E-state index < -0.39 is 27.7 Å². The first-order valence-corrected chi connectivity index (χ1v) is 8.14. The standard InChI is InChI=1S/C15H13F3N2O3S/c1-19-14(21)10-3-2-4-12(9-10)20-24(22,23)13-7-5-11(6-8-13)15(16,17)18/h2-9,20H,1H3,(H,19,21). The van der Waals surface area contributed by atoms with Gasteiger partial charge in [-0.3, -0.25) is 9.52 Å². The molecule has 0 bridgehead atoms. The second-order valence-corrected chi connectivity index (χ2v) is 6.47. The molecule has 128 valence electrons. The summed E-state index contributed by atoms with van der Waals surface area (Å²) in [6, 6.07) is 8.84. The highest BCUT2D eigenvalue weighted by Gasteiger charge is 2.30. The lowest BCUT2D eigenvalue weighted by Crippen LogP contribution is -2.18. The van der Waals surface area contributed by atoms with Crippen LogP contribution in [0.4, 0.5) is 18.9 Å². The van der Waals surface area contributed by atoms with Crippen LogP contribution in [0.2, 0.25) is 0 Å². The predicted molar refractivity (Wildman–Crippen MR) is 82.1 cm³/mol. The van der Waals surface area contributed by atoms with E-state index in [1.807, 2.05) is 0 Å². The first-order valence-electron chi connectivity index (χ1n) is 6.66. The summed E-state index contributed by atoms with van der Waals surface area (Å²) in [4.78, 5) is 11.2. The molecule has 0 radical (unpaired) electrons. The minimum atomic E-state index is -4.54. The molecule has 0 atom stereocenters. The van der Waals surface area contributed by atoms with Gasteiger partial charge in [-0.15, -0.1) is 0 Å². The van der Waals surface area contributed by atoms with E-state index in [9.17, 15) is 26.4 Å². The van der Waals surface area contributed by atoms with Gasteiger partial charge in [0.25, 0.3) is 15.9 Å². The van der Waals surface area contributed by atoms with Crippen molar-refractivity contribution in [1.82, 2.24) is 5.32 Å². The number of alkyl halides is 3. The fourth-order valence-corrected chi connectivity index (χ4v) is 2.95. The zero-order valence-corrected chi connectivity index (χ0v) is 13.2. The number of carbonyl (C=O) groups excluding carboxylic acids is 1. The highest BCUT2D eigenvalue weighted by atomic mass is 32.2. The molecule has 0 saturated heterocycles. The molecule has 2 aromatic carbocycles. The first-order chi connectivity index (χ1) is 11.1. The van der Waals surface area contributed by atoms with Crippen LogP contribution in [-0.4, -0.2) is 21.4 Å². The van der Waals surface area contributed by atoms with Gasteiger partial charge in [0.15, 0.2) is 0 Å². The molecule has 0 aliphatic carbocycles. The third-order valence-corrected chi connectivity index (χ3v) is 4.49. The molecule has 2 N–H and O–H groups in total. The van der Waals surface area contributed by atoms with E-state index in [4.69, 9.17) is 0 Å². The van der Waals surface area contributed by atoms with Crippen molar-refractivity contribution in [2.45, 2.75) is 11.1 Å². The molecule has 0 spiro atoms. The van der Waals surface area contributed by atoms with E-state index in [-0.39, 0.29) is 16.1 Å². The van der Waals surface area contributed by atoms with Crippen molar-refractivity contribution in [3.63, 3.8) is 0 Å². The normalized spacial score (nSPS) is 11.8. The van der Waals surface area contributed by atoms with Gasteiger partial charge in [-0.05, 0) is 42.5 Å². The zero-order valence-electron chi connectivity index (χ0n) is 12.4. The molecule has 0 aliphatic rings. The van der Waals surface area contributed by atoms with E-state index in [2.05, 4.69) is 10.0 Å². The van der Waals surface area contributed by atoms with Crippen molar-refractivity contribution < 1.29 is 26.4 Å². The molecular weight excluding hydrogens is 345 g/mol. The third kappa shape index (κ3) is 4.05. The van der Waals surface area contributed by atoms with Crippen LogP contribution in [0.25, 0.3) is 0 Å². The van der Waals surface area contributed by atoms with Crippen molar-refractivity contribution in [3.8, 4) is 0 Å². The number of halogens is 3. The molecule has 24 heavy (non-hydrogen) atoms.